The summed E-state index contributed by atoms with van der Waals surface area (Å²) in [5.74, 6) is 1.10. The summed E-state index contributed by atoms with van der Waals surface area (Å²) in [6, 6.07) is 0. The average molecular weight is 249 g/mol. The highest BCUT2D eigenvalue weighted by atomic mass is 32.2. The van der Waals surface area contributed by atoms with E-state index in [0.717, 1.165) is 38.7 Å². The second kappa shape index (κ2) is 5.98. The zero-order valence-electron chi connectivity index (χ0n) is 10.5. The summed E-state index contributed by atoms with van der Waals surface area (Å²) in [5.41, 5.74) is 0. The summed E-state index contributed by atoms with van der Waals surface area (Å²) in [6.45, 7) is 8.07. The summed E-state index contributed by atoms with van der Waals surface area (Å²) >= 11 is 0. The molecule has 1 aliphatic heterocycles. The van der Waals surface area contributed by atoms with Crippen LogP contribution in [0, 0.1) is 11.8 Å². The van der Waals surface area contributed by atoms with Gasteiger partial charge in [-0.2, -0.15) is 8.42 Å². The van der Waals surface area contributed by atoms with Gasteiger partial charge in [0.05, 0.1) is 12.9 Å². The van der Waals surface area contributed by atoms with Gasteiger partial charge in [-0.15, -0.1) is 0 Å². The molecule has 0 radical (unpaired) electrons. The molecule has 0 aromatic carbocycles. The van der Waals surface area contributed by atoms with E-state index in [1.807, 2.05) is 0 Å². The number of hydrogen-bond donors (Lipinski definition) is 0. The largest absolute Gasteiger partial charge is 0.303 e. The van der Waals surface area contributed by atoms with Crippen molar-refractivity contribution in [2.75, 3.05) is 32.5 Å². The molecule has 0 saturated carbocycles. The van der Waals surface area contributed by atoms with Crippen molar-refractivity contribution in [2.45, 2.75) is 26.7 Å². The molecule has 0 aromatic heterocycles. The van der Waals surface area contributed by atoms with Crippen LogP contribution in [0.1, 0.15) is 26.7 Å². The molecule has 0 amide bonds. The standard InChI is InChI=1S/C11H23NO3S/c1-10(2)8-12-6-4-11(5-7-12)9-15-16(3,13)14/h10-11H,4-9H2,1-3H3. The third-order valence-electron chi connectivity index (χ3n) is 2.85. The van der Waals surface area contributed by atoms with Crippen molar-refractivity contribution in [3.8, 4) is 0 Å². The van der Waals surface area contributed by atoms with E-state index < -0.39 is 10.1 Å². The topological polar surface area (TPSA) is 46.6 Å². The van der Waals surface area contributed by atoms with Gasteiger partial charge in [0, 0.05) is 6.54 Å². The van der Waals surface area contributed by atoms with Crippen LogP contribution in [0.5, 0.6) is 0 Å². The lowest BCUT2D eigenvalue weighted by molar-refractivity contribution is 0.134. The van der Waals surface area contributed by atoms with Crippen LogP contribution in [0.3, 0.4) is 0 Å². The van der Waals surface area contributed by atoms with Crippen LogP contribution >= 0.6 is 0 Å². The lowest BCUT2D eigenvalue weighted by Crippen LogP contribution is -2.37. The van der Waals surface area contributed by atoms with Crippen LogP contribution in [0.25, 0.3) is 0 Å². The molecule has 16 heavy (non-hydrogen) atoms. The Labute approximate surface area is 99.1 Å². The van der Waals surface area contributed by atoms with E-state index >= 15 is 0 Å². The fourth-order valence-electron chi connectivity index (χ4n) is 2.07. The Balaban J connectivity index is 2.22. The smallest absolute Gasteiger partial charge is 0.264 e. The van der Waals surface area contributed by atoms with Gasteiger partial charge < -0.3 is 4.90 Å². The van der Waals surface area contributed by atoms with Crippen molar-refractivity contribution in [3.63, 3.8) is 0 Å². The minimum absolute atomic E-state index is 0.356. The Hall–Kier alpha value is -0.130. The first-order valence-electron chi connectivity index (χ1n) is 5.93. The Kier molecular flexibility index (Phi) is 5.21. The lowest BCUT2D eigenvalue weighted by atomic mass is 9.97. The molecule has 4 nitrogen and oxygen atoms in total. The zero-order valence-corrected chi connectivity index (χ0v) is 11.3. The predicted octanol–water partition coefficient (Wildman–Crippen LogP) is 1.33. The van der Waals surface area contributed by atoms with Crippen LogP contribution in [0.2, 0.25) is 0 Å². The molecule has 0 atom stereocenters. The van der Waals surface area contributed by atoms with Crippen molar-refractivity contribution in [1.29, 1.82) is 0 Å². The Morgan fingerprint density at radius 2 is 1.88 bits per heavy atom. The van der Waals surface area contributed by atoms with E-state index in [-0.39, 0.29) is 0 Å². The minimum atomic E-state index is -3.27. The molecular formula is C11H23NO3S. The first-order chi connectivity index (χ1) is 7.37. The highest BCUT2D eigenvalue weighted by Gasteiger charge is 2.20. The second-order valence-electron chi connectivity index (χ2n) is 5.13. The highest BCUT2D eigenvalue weighted by molar-refractivity contribution is 7.85. The zero-order chi connectivity index (χ0) is 12.2. The second-order valence-corrected chi connectivity index (χ2v) is 6.77. The molecule has 0 unspecified atom stereocenters. The summed E-state index contributed by atoms with van der Waals surface area (Å²) in [5, 5.41) is 0. The molecule has 1 heterocycles. The predicted molar refractivity (Wildman–Crippen MR) is 64.8 cm³/mol. The van der Waals surface area contributed by atoms with Gasteiger partial charge in [0.2, 0.25) is 0 Å². The fourth-order valence-corrected chi connectivity index (χ4v) is 2.51. The van der Waals surface area contributed by atoms with Crippen molar-refractivity contribution < 1.29 is 12.6 Å². The molecule has 96 valence electrons. The van der Waals surface area contributed by atoms with Gasteiger partial charge in [-0.25, -0.2) is 0 Å². The fraction of sp³-hybridized carbons (Fsp3) is 1.00. The van der Waals surface area contributed by atoms with Gasteiger partial charge in [0.25, 0.3) is 10.1 Å². The summed E-state index contributed by atoms with van der Waals surface area (Å²) < 4.78 is 26.5. The molecule has 1 rings (SSSR count). The molecule has 0 spiro atoms. The summed E-state index contributed by atoms with van der Waals surface area (Å²) in [6.07, 6.45) is 3.20. The summed E-state index contributed by atoms with van der Waals surface area (Å²) in [7, 11) is -3.27. The number of hydrogen-bond acceptors (Lipinski definition) is 4. The first kappa shape index (κ1) is 13.9. The first-order valence-corrected chi connectivity index (χ1v) is 7.75. The molecular weight excluding hydrogens is 226 g/mol. The molecule has 0 N–H and O–H groups in total. The highest BCUT2D eigenvalue weighted by Crippen LogP contribution is 2.18. The average Bonchev–Trinajstić information content (AvgIpc) is 2.14. The molecule has 1 aliphatic rings. The van der Waals surface area contributed by atoms with Gasteiger partial charge in [0.15, 0.2) is 0 Å². The van der Waals surface area contributed by atoms with Gasteiger partial charge in [-0.1, -0.05) is 13.8 Å². The molecule has 1 saturated heterocycles. The maximum Gasteiger partial charge on any atom is 0.264 e. The van der Waals surface area contributed by atoms with Crippen LogP contribution < -0.4 is 0 Å². The van der Waals surface area contributed by atoms with Gasteiger partial charge in [0.1, 0.15) is 0 Å². The Bertz CT molecular complexity index is 292. The number of nitrogens with zero attached hydrogens (tertiary/aromatic N) is 1. The monoisotopic (exact) mass is 249 g/mol. The van der Waals surface area contributed by atoms with Crippen molar-refractivity contribution in [3.05, 3.63) is 0 Å². The van der Waals surface area contributed by atoms with E-state index in [9.17, 15) is 8.42 Å². The third-order valence-corrected chi connectivity index (χ3v) is 3.41. The molecule has 1 fully saturated rings. The lowest BCUT2D eigenvalue weighted by Gasteiger charge is -2.32. The van der Waals surface area contributed by atoms with E-state index in [0.29, 0.717) is 18.4 Å². The van der Waals surface area contributed by atoms with E-state index in [1.165, 1.54) is 0 Å². The number of likely N-dealkylation sites (tertiary alicyclic amines) is 1. The van der Waals surface area contributed by atoms with Crippen LogP contribution in [-0.4, -0.2) is 45.8 Å². The van der Waals surface area contributed by atoms with Crippen molar-refractivity contribution in [1.82, 2.24) is 4.90 Å². The van der Waals surface area contributed by atoms with E-state index in [4.69, 9.17) is 4.18 Å². The third kappa shape index (κ3) is 5.82. The summed E-state index contributed by atoms with van der Waals surface area (Å²) in [4.78, 5) is 2.45. The molecule has 0 aliphatic carbocycles. The molecule has 0 aromatic rings. The van der Waals surface area contributed by atoms with Crippen molar-refractivity contribution in [2.24, 2.45) is 11.8 Å². The van der Waals surface area contributed by atoms with Crippen LogP contribution in [-0.2, 0) is 14.3 Å². The van der Waals surface area contributed by atoms with E-state index in [1.54, 1.807) is 0 Å². The molecule has 5 heteroatoms. The normalized spacial score (nSPS) is 20.5. The quantitative estimate of drug-likeness (QED) is 0.690. The maximum absolute atomic E-state index is 10.9. The number of rotatable bonds is 5. The van der Waals surface area contributed by atoms with Crippen LogP contribution in [0.15, 0.2) is 0 Å². The minimum Gasteiger partial charge on any atom is -0.303 e. The number of piperidine rings is 1. The van der Waals surface area contributed by atoms with Gasteiger partial charge in [-0.05, 0) is 37.8 Å². The Morgan fingerprint density at radius 3 is 2.31 bits per heavy atom. The Morgan fingerprint density at radius 1 is 1.31 bits per heavy atom. The van der Waals surface area contributed by atoms with Gasteiger partial charge >= 0.3 is 0 Å². The van der Waals surface area contributed by atoms with E-state index in [2.05, 4.69) is 18.7 Å². The molecule has 0 bridgehead atoms. The van der Waals surface area contributed by atoms with Gasteiger partial charge in [-0.3, -0.25) is 4.18 Å². The van der Waals surface area contributed by atoms with Crippen LogP contribution in [0.4, 0.5) is 0 Å². The van der Waals surface area contributed by atoms with Crippen molar-refractivity contribution >= 4 is 10.1 Å². The maximum atomic E-state index is 10.9. The SMILES string of the molecule is CC(C)CN1CCC(COS(C)(=O)=O)CC1.